The van der Waals surface area contributed by atoms with Crippen LogP contribution in [0.4, 0.5) is 0 Å². The van der Waals surface area contributed by atoms with E-state index in [-0.39, 0.29) is 12.5 Å². The molecule has 3 rings (SSSR count). The van der Waals surface area contributed by atoms with Crippen molar-refractivity contribution in [2.45, 2.75) is 51.5 Å². The molecule has 1 saturated heterocycles. The first-order chi connectivity index (χ1) is 12.1. The summed E-state index contributed by atoms with van der Waals surface area (Å²) >= 11 is 1.69. The van der Waals surface area contributed by atoms with Crippen LogP contribution in [0, 0.1) is 0 Å². The lowest BCUT2D eigenvalue weighted by molar-refractivity contribution is -0.121. The van der Waals surface area contributed by atoms with Gasteiger partial charge >= 0.3 is 0 Å². The van der Waals surface area contributed by atoms with Crippen molar-refractivity contribution in [3.63, 3.8) is 0 Å². The molecule has 25 heavy (non-hydrogen) atoms. The van der Waals surface area contributed by atoms with Crippen molar-refractivity contribution in [3.8, 4) is 0 Å². The van der Waals surface area contributed by atoms with E-state index < -0.39 is 0 Å². The van der Waals surface area contributed by atoms with Crippen LogP contribution in [0.1, 0.15) is 54.9 Å². The first-order valence-electron chi connectivity index (χ1n) is 9.07. The molecule has 3 heterocycles. The Kier molecular flexibility index (Phi) is 6.20. The molecule has 1 aliphatic heterocycles. The maximum Gasteiger partial charge on any atom is 0.241 e. The third kappa shape index (κ3) is 4.89. The van der Waals surface area contributed by atoms with Gasteiger partial charge in [0.25, 0.3) is 0 Å². The largest absolute Gasteiger partial charge is 0.354 e. The van der Waals surface area contributed by atoms with Crippen molar-refractivity contribution >= 4 is 17.2 Å². The Morgan fingerprint density at radius 1 is 1.52 bits per heavy atom. The summed E-state index contributed by atoms with van der Waals surface area (Å²) in [7, 11) is 0. The zero-order chi connectivity index (χ0) is 17.6. The van der Waals surface area contributed by atoms with E-state index in [1.807, 2.05) is 10.7 Å². The summed E-state index contributed by atoms with van der Waals surface area (Å²) in [6.07, 6.45) is 4.89. The average Bonchev–Trinajstić information content (AvgIpc) is 3.25. The lowest BCUT2D eigenvalue weighted by atomic mass is 9.96. The van der Waals surface area contributed by atoms with E-state index in [2.05, 4.69) is 39.9 Å². The summed E-state index contributed by atoms with van der Waals surface area (Å²) in [5.74, 6) is 0.919. The Labute approximate surface area is 153 Å². The summed E-state index contributed by atoms with van der Waals surface area (Å²) in [6.45, 7) is 7.24. The monoisotopic (exact) mass is 361 g/mol. The average molecular weight is 362 g/mol. The Balaban J connectivity index is 1.47. The number of carbonyl (C=O) groups excluding carboxylic acids is 1. The van der Waals surface area contributed by atoms with Crippen molar-refractivity contribution in [1.29, 1.82) is 0 Å². The summed E-state index contributed by atoms with van der Waals surface area (Å²) in [4.78, 5) is 16.8. The SMILES string of the molecule is CC(C)c1nc(CCNC(=O)Cn2nccc2[C@H]2CCCNC2)cs1. The van der Waals surface area contributed by atoms with Gasteiger partial charge in [-0.05, 0) is 25.5 Å². The Morgan fingerprint density at radius 2 is 2.40 bits per heavy atom. The van der Waals surface area contributed by atoms with E-state index in [4.69, 9.17) is 0 Å². The number of piperidine rings is 1. The number of hydrogen-bond donors (Lipinski definition) is 2. The van der Waals surface area contributed by atoms with Crippen LogP contribution in [0.5, 0.6) is 0 Å². The van der Waals surface area contributed by atoms with Gasteiger partial charge in [0.2, 0.25) is 5.91 Å². The van der Waals surface area contributed by atoms with Gasteiger partial charge in [-0.25, -0.2) is 4.98 Å². The molecule has 0 radical (unpaired) electrons. The summed E-state index contributed by atoms with van der Waals surface area (Å²) in [5.41, 5.74) is 2.21. The van der Waals surface area contributed by atoms with Crippen molar-refractivity contribution in [3.05, 3.63) is 34.0 Å². The molecule has 0 unspecified atom stereocenters. The minimum absolute atomic E-state index is 0.00744. The topological polar surface area (TPSA) is 71.8 Å². The molecule has 0 aliphatic carbocycles. The van der Waals surface area contributed by atoms with Crippen LogP contribution in [-0.2, 0) is 17.8 Å². The molecule has 1 atom stereocenters. The van der Waals surface area contributed by atoms with Gasteiger partial charge in [0, 0.05) is 48.6 Å². The van der Waals surface area contributed by atoms with E-state index >= 15 is 0 Å². The van der Waals surface area contributed by atoms with Crippen molar-refractivity contribution in [2.75, 3.05) is 19.6 Å². The lowest BCUT2D eigenvalue weighted by Gasteiger charge is -2.23. The Bertz CT molecular complexity index is 687. The number of nitrogens with zero attached hydrogens (tertiary/aromatic N) is 3. The van der Waals surface area contributed by atoms with Gasteiger partial charge in [0.1, 0.15) is 6.54 Å². The minimum Gasteiger partial charge on any atom is -0.354 e. The molecule has 0 spiro atoms. The van der Waals surface area contributed by atoms with Gasteiger partial charge in [0.15, 0.2) is 0 Å². The van der Waals surface area contributed by atoms with Crippen LogP contribution in [0.25, 0.3) is 0 Å². The minimum atomic E-state index is 0.00744. The molecule has 7 heteroatoms. The van der Waals surface area contributed by atoms with Gasteiger partial charge in [-0.1, -0.05) is 13.8 Å². The third-order valence-electron chi connectivity index (χ3n) is 4.52. The van der Waals surface area contributed by atoms with E-state index in [9.17, 15) is 4.79 Å². The molecule has 1 fully saturated rings. The molecule has 0 saturated carbocycles. The number of hydrogen-bond acceptors (Lipinski definition) is 5. The molecule has 2 aromatic rings. The highest BCUT2D eigenvalue weighted by Crippen LogP contribution is 2.22. The molecular weight excluding hydrogens is 334 g/mol. The van der Waals surface area contributed by atoms with Gasteiger partial charge < -0.3 is 10.6 Å². The van der Waals surface area contributed by atoms with Gasteiger partial charge in [-0.15, -0.1) is 11.3 Å². The highest BCUT2D eigenvalue weighted by atomic mass is 32.1. The van der Waals surface area contributed by atoms with Gasteiger partial charge in [-0.3, -0.25) is 9.48 Å². The molecule has 6 nitrogen and oxygen atoms in total. The van der Waals surface area contributed by atoms with Crippen molar-refractivity contribution in [2.24, 2.45) is 0 Å². The fraction of sp³-hybridized carbons (Fsp3) is 0.611. The summed E-state index contributed by atoms with van der Waals surface area (Å²) in [6, 6.07) is 2.04. The van der Waals surface area contributed by atoms with Gasteiger partial charge in [0.05, 0.1) is 10.7 Å². The van der Waals surface area contributed by atoms with E-state index in [1.165, 1.54) is 6.42 Å². The van der Waals surface area contributed by atoms with Crippen LogP contribution in [0.15, 0.2) is 17.6 Å². The lowest BCUT2D eigenvalue weighted by Crippen LogP contribution is -2.33. The predicted octanol–water partition coefficient (Wildman–Crippen LogP) is 2.29. The van der Waals surface area contributed by atoms with Crippen LogP contribution < -0.4 is 10.6 Å². The highest BCUT2D eigenvalue weighted by Gasteiger charge is 2.19. The highest BCUT2D eigenvalue weighted by molar-refractivity contribution is 7.09. The molecule has 2 N–H and O–H groups in total. The zero-order valence-corrected chi connectivity index (χ0v) is 15.8. The van der Waals surface area contributed by atoms with Crippen LogP contribution in [0.3, 0.4) is 0 Å². The number of carbonyl (C=O) groups is 1. The standard InChI is InChI=1S/C18H27N5OS/c1-13(2)18-22-15(12-25-18)5-8-20-17(24)11-23-16(6-9-21-23)14-4-3-7-19-10-14/h6,9,12-14,19H,3-5,7-8,10-11H2,1-2H3,(H,20,24)/t14-/m0/s1. The third-order valence-corrected chi connectivity index (χ3v) is 5.72. The molecule has 1 aliphatic rings. The number of rotatable bonds is 7. The molecule has 0 bridgehead atoms. The predicted molar refractivity (Wildman–Crippen MR) is 100.0 cm³/mol. The zero-order valence-electron chi connectivity index (χ0n) is 15.0. The fourth-order valence-electron chi connectivity index (χ4n) is 3.15. The first kappa shape index (κ1) is 18.1. The molecule has 2 aromatic heterocycles. The molecular formula is C18H27N5OS. The summed E-state index contributed by atoms with van der Waals surface area (Å²) in [5, 5.41) is 14.0. The molecule has 0 aromatic carbocycles. The number of aromatic nitrogens is 3. The maximum atomic E-state index is 12.2. The quantitative estimate of drug-likeness (QED) is 0.794. The maximum absolute atomic E-state index is 12.2. The number of thiazole rings is 1. The second-order valence-corrected chi connectivity index (χ2v) is 7.78. The van der Waals surface area contributed by atoms with Gasteiger partial charge in [-0.2, -0.15) is 5.10 Å². The van der Waals surface area contributed by atoms with Crippen LogP contribution in [-0.4, -0.2) is 40.3 Å². The van der Waals surface area contributed by atoms with E-state index in [0.717, 1.165) is 42.3 Å². The second kappa shape index (κ2) is 8.58. The van der Waals surface area contributed by atoms with Crippen molar-refractivity contribution in [1.82, 2.24) is 25.4 Å². The first-order valence-corrected chi connectivity index (χ1v) is 9.95. The Hall–Kier alpha value is -1.73. The summed E-state index contributed by atoms with van der Waals surface area (Å²) < 4.78 is 1.84. The van der Waals surface area contributed by atoms with Crippen molar-refractivity contribution < 1.29 is 4.79 Å². The normalized spacial score (nSPS) is 17.8. The van der Waals surface area contributed by atoms with Crippen LogP contribution >= 0.6 is 11.3 Å². The second-order valence-electron chi connectivity index (χ2n) is 6.89. The number of nitrogens with one attached hydrogen (secondary N) is 2. The smallest absolute Gasteiger partial charge is 0.241 e. The molecule has 1 amide bonds. The Morgan fingerprint density at radius 3 is 3.12 bits per heavy atom. The van der Waals surface area contributed by atoms with Crippen LogP contribution in [0.2, 0.25) is 0 Å². The number of amides is 1. The van der Waals surface area contributed by atoms with E-state index in [0.29, 0.717) is 18.4 Å². The molecule has 136 valence electrons. The van der Waals surface area contributed by atoms with E-state index in [1.54, 1.807) is 17.5 Å². The fourth-order valence-corrected chi connectivity index (χ4v) is 4.02.